The molecule has 0 spiro atoms. The Kier molecular flexibility index (Phi) is 8.75. The second-order valence-corrected chi connectivity index (χ2v) is 9.38. The Morgan fingerprint density at radius 1 is 1.06 bits per heavy atom. The summed E-state index contributed by atoms with van der Waals surface area (Å²) >= 11 is 18.9. The van der Waals surface area contributed by atoms with Crippen molar-refractivity contribution < 1.29 is 19.4 Å². The van der Waals surface area contributed by atoms with E-state index in [-0.39, 0.29) is 23.4 Å². The van der Waals surface area contributed by atoms with Crippen LogP contribution in [-0.2, 0) is 11.4 Å². The number of hydrogen-bond acceptors (Lipinski definition) is 4. The maximum atomic E-state index is 12.6. The molecule has 0 saturated carbocycles. The van der Waals surface area contributed by atoms with E-state index in [0.717, 1.165) is 5.56 Å². The van der Waals surface area contributed by atoms with Crippen LogP contribution in [0.3, 0.4) is 0 Å². The number of halogens is 4. The number of benzene rings is 3. The van der Waals surface area contributed by atoms with Crippen molar-refractivity contribution in [1.82, 2.24) is 0 Å². The Balaban J connectivity index is 1.77. The first-order chi connectivity index (χ1) is 16.2. The second kappa shape index (κ2) is 11.5. The van der Waals surface area contributed by atoms with Crippen molar-refractivity contribution in [3.05, 3.63) is 95.9 Å². The number of carbonyl (C=O) groups excluding carboxylic acids is 1. The predicted molar refractivity (Wildman–Crippen MR) is 138 cm³/mol. The fourth-order valence-electron chi connectivity index (χ4n) is 2.83. The van der Waals surface area contributed by atoms with E-state index in [1.165, 1.54) is 30.3 Å². The Hall–Kier alpha value is -2.83. The minimum atomic E-state index is -1.12. The van der Waals surface area contributed by atoms with Crippen LogP contribution < -0.4 is 10.1 Å². The van der Waals surface area contributed by atoms with E-state index in [0.29, 0.717) is 30.3 Å². The Labute approximate surface area is 222 Å². The summed E-state index contributed by atoms with van der Waals surface area (Å²) in [5, 5.41) is 22.0. The monoisotopic (exact) mass is 622 g/mol. The largest absolute Gasteiger partial charge is 0.487 e. The summed E-state index contributed by atoms with van der Waals surface area (Å²) in [6.45, 7) is 0.241. The lowest BCUT2D eigenvalue weighted by Crippen LogP contribution is -2.14. The fourth-order valence-corrected chi connectivity index (χ4v) is 4.60. The lowest BCUT2D eigenvalue weighted by atomic mass is 10.1. The lowest BCUT2D eigenvalue weighted by molar-refractivity contribution is -0.112. The van der Waals surface area contributed by atoms with Gasteiger partial charge in [-0.15, -0.1) is 0 Å². The SMILES string of the molecule is N#C/C(=C/c1cc(Br)c(OCc2ccc(Cl)c(Cl)c2)c(Br)c1)C(=O)Nc1cccc(C(=O)O)c1. The Morgan fingerprint density at radius 2 is 1.76 bits per heavy atom. The molecule has 0 fully saturated rings. The highest BCUT2D eigenvalue weighted by molar-refractivity contribution is 9.11. The summed E-state index contributed by atoms with van der Waals surface area (Å²) in [5.74, 6) is -1.27. The second-order valence-electron chi connectivity index (χ2n) is 6.86. The topological polar surface area (TPSA) is 99.4 Å². The molecule has 3 rings (SSSR count). The number of anilines is 1. The molecular formula is C24H14Br2Cl2N2O4. The van der Waals surface area contributed by atoms with E-state index >= 15 is 0 Å². The van der Waals surface area contributed by atoms with Gasteiger partial charge in [0, 0.05) is 5.69 Å². The highest BCUT2D eigenvalue weighted by Gasteiger charge is 2.14. The zero-order valence-electron chi connectivity index (χ0n) is 17.1. The summed E-state index contributed by atoms with van der Waals surface area (Å²) in [7, 11) is 0. The number of nitriles is 1. The summed E-state index contributed by atoms with van der Waals surface area (Å²) in [5.41, 5.74) is 1.51. The standard InChI is InChI=1S/C24H14Br2Cl2N2O4/c25-18-7-14(8-19(26)22(18)34-12-13-4-5-20(27)21(28)9-13)6-16(11-29)23(31)30-17-3-1-2-15(10-17)24(32)33/h1-10H,12H2,(H,30,31)(H,32,33)/b16-6-. The maximum absolute atomic E-state index is 12.6. The molecule has 3 aromatic rings. The van der Waals surface area contributed by atoms with Crippen LogP contribution in [0.25, 0.3) is 6.08 Å². The first kappa shape index (κ1) is 25.8. The van der Waals surface area contributed by atoms with Crippen molar-refractivity contribution in [2.75, 3.05) is 5.32 Å². The van der Waals surface area contributed by atoms with Gasteiger partial charge in [0.05, 0.1) is 24.6 Å². The predicted octanol–water partition coefficient (Wildman–Crippen LogP) is 7.34. The molecule has 34 heavy (non-hydrogen) atoms. The molecule has 0 aliphatic rings. The van der Waals surface area contributed by atoms with Gasteiger partial charge in [-0.25, -0.2) is 4.79 Å². The molecule has 0 aliphatic carbocycles. The quantitative estimate of drug-likeness (QED) is 0.212. The van der Waals surface area contributed by atoms with E-state index in [1.54, 1.807) is 30.3 Å². The number of carbonyl (C=O) groups is 2. The number of amides is 1. The van der Waals surface area contributed by atoms with Crippen LogP contribution >= 0.6 is 55.1 Å². The zero-order chi connectivity index (χ0) is 24.8. The molecule has 0 bridgehead atoms. The average Bonchev–Trinajstić information content (AvgIpc) is 2.79. The van der Waals surface area contributed by atoms with Gasteiger partial charge in [-0.05, 0) is 91.5 Å². The van der Waals surface area contributed by atoms with Gasteiger partial charge in [0.2, 0.25) is 0 Å². The minimum absolute atomic E-state index is 0.0182. The average molecular weight is 625 g/mol. The van der Waals surface area contributed by atoms with Gasteiger partial charge in [0.1, 0.15) is 24.0 Å². The highest BCUT2D eigenvalue weighted by Crippen LogP contribution is 2.36. The molecule has 0 radical (unpaired) electrons. The van der Waals surface area contributed by atoms with Crippen molar-refractivity contribution in [3.8, 4) is 11.8 Å². The van der Waals surface area contributed by atoms with Crippen molar-refractivity contribution in [3.63, 3.8) is 0 Å². The van der Waals surface area contributed by atoms with Gasteiger partial charge in [-0.2, -0.15) is 5.26 Å². The smallest absolute Gasteiger partial charge is 0.335 e. The number of nitrogens with zero attached hydrogens (tertiary/aromatic N) is 1. The number of carboxylic acid groups (broad SMARTS) is 1. The normalized spacial score (nSPS) is 11.0. The van der Waals surface area contributed by atoms with Crippen LogP contribution in [0.5, 0.6) is 5.75 Å². The summed E-state index contributed by atoms with van der Waals surface area (Å²) in [6.07, 6.45) is 1.41. The van der Waals surface area contributed by atoms with Crippen LogP contribution in [-0.4, -0.2) is 17.0 Å². The van der Waals surface area contributed by atoms with Crippen LogP contribution in [0.4, 0.5) is 5.69 Å². The van der Waals surface area contributed by atoms with Crippen LogP contribution in [0.1, 0.15) is 21.5 Å². The van der Waals surface area contributed by atoms with E-state index in [1.807, 2.05) is 6.07 Å². The summed E-state index contributed by atoms with van der Waals surface area (Å²) < 4.78 is 7.08. The molecule has 172 valence electrons. The number of aromatic carboxylic acids is 1. The van der Waals surface area contributed by atoms with Gasteiger partial charge < -0.3 is 15.2 Å². The van der Waals surface area contributed by atoms with E-state index in [9.17, 15) is 14.9 Å². The Morgan fingerprint density at radius 3 is 2.38 bits per heavy atom. The molecular weight excluding hydrogens is 611 g/mol. The van der Waals surface area contributed by atoms with Gasteiger partial charge in [0.25, 0.3) is 5.91 Å². The van der Waals surface area contributed by atoms with Crippen molar-refractivity contribution in [2.24, 2.45) is 0 Å². The third-order valence-corrected chi connectivity index (χ3v) is 6.35. The van der Waals surface area contributed by atoms with Crippen molar-refractivity contribution >= 4 is 78.7 Å². The van der Waals surface area contributed by atoms with Gasteiger partial charge >= 0.3 is 5.97 Å². The van der Waals surface area contributed by atoms with Crippen molar-refractivity contribution in [1.29, 1.82) is 5.26 Å². The Bertz CT molecular complexity index is 1330. The molecule has 0 saturated heterocycles. The molecule has 0 heterocycles. The van der Waals surface area contributed by atoms with Crippen molar-refractivity contribution in [2.45, 2.75) is 6.61 Å². The zero-order valence-corrected chi connectivity index (χ0v) is 21.8. The molecule has 0 aliphatic heterocycles. The minimum Gasteiger partial charge on any atom is -0.487 e. The maximum Gasteiger partial charge on any atom is 0.335 e. The number of carboxylic acids is 1. The van der Waals surface area contributed by atoms with E-state index in [4.69, 9.17) is 33.0 Å². The highest BCUT2D eigenvalue weighted by atomic mass is 79.9. The number of ether oxygens (including phenoxy) is 1. The first-order valence-electron chi connectivity index (χ1n) is 9.50. The first-order valence-corrected chi connectivity index (χ1v) is 11.8. The molecule has 0 aromatic heterocycles. The van der Waals surface area contributed by atoms with Gasteiger partial charge in [0.15, 0.2) is 0 Å². The van der Waals surface area contributed by atoms with E-state index in [2.05, 4.69) is 37.2 Å². The summed E-state index contributed by atoms with van der Waals surface area (Å²) in [4.78, 5) is 23.7. The molecule has 1 amide bonds. The fraction of sp³-hybridized carbons (Fsp3) is 0.0417. The third-order valence-electron chi connectivity index (χ3n) is 4.43. The summed E-state index contributed by atoms with van der Waals surface area (Å²) in [6, 6.07) is 16.2. The number of nitrogens with one attached hydrogen (secondary N) is 1. The molecule has 3 aromatic carbocycles. The molecule has 6 nitrogen and oxygen atoms in total. The molecule has 2 N–H and O–H groups in total. The molecule has 0 unspecified atom stereocenters. The third kappa shape index (κ3) is 6.61. The van der Waals surface area contributed by atoms with E-state index < -0.39 is 11.9 Å². The number of hydrogen-bond donors (Lipinski definition) is 2. The van der Waals surface area contributed by atoms with Gasteiger partial charge in [-0.3, -0.25) is 4.79 Å². The van der Waals surface area contributed by atoms with Crippen LogP contribution in [0.2, 0.25) is 10.0 Å². The van der Waals surface area contributed by atoms with Gasteiger partial charge in [-0.1, -0.05) is 35.3 Å². The molecule has 10 heteroatoms. The van der Waals surface area contributed by atoms with Crippen LogP contribution in [0.15, 0.2) is 69.1 Å². The molecule has 0 atom stereocenters. The lowest BCUT2D eigenvalue weighted by Gasteiger charge is -2.12. The number of rotatable bonds is 7. The van der Waals surface area contributed by atoms with Crippen LogP contribution in [0, 0.1) is 11.3 Å².